The van der Waals surface area contributed by atoms with Crippen LogP contribution >= 0.6 is 0 Å². The van der Waals surface area contributed by atoms with E-state index in [0.29, 0.717) is 18.5 Å². The number of carbonyl (C=O) groups excluding carboxylic acids is 3. The Morgan fingerprint density at radius 3 is 2.24 bits per heavy atom. The van der Waals surface area contributed by atoms with Gasteiger partial charge in [0.25, 0.3) is 0 Å². The van der Waals surface area contributed by atoms with E-state index in [1.54, 1.807) is 0 Å². The van der Waals surface area contributed by atoms with Crippen molar-refractivity contribution in [3.63, 3.8) is 0 Å². The van der Waals surface area contributed by atoms with Crippen LogP contribution in [0.1, 0.15) is 38.2 Å². The molecule has 3 amide bonds. The zero-order chi connectivity index (χ0) is 17.8. The lowest BCUT2D eigenvalue weighted by Gasteiger charge is -2.14. The van der Waals surface area contributed by atoms with Gasteiger partial charge in [-0.05, 0) is 43.4 Å². The smallest absolute Gasteiger partial charge is 0.244 e. The molecule has 0 spiro atoms. The molecular weight excluding hydrogens is 316 g/mol. The average molecular weight is 340 g/mol. The predicted molar refractivity (Wildman–Crippen MR) is 95.8 cm³/mol. The van der Waals surface area contributed by atoms with E-state index in [9.17, 15) is 14.4 Å². The maximum atomic E-state index is 12.4. The zero-order valence-electron chi connectivity index (χ0n) is 14.5. The van der Waals surface area contributed by atoms with E-state index in [-0.39, 0.29) is 36.1 Å². The molecule has 3 rings (SSSR count). The molecule has 0 aromatic heterocycles. The Labute approximate surface area is 148 Å². The molecule has 0 saturated carbocycles. The minimum Gasteiger partial charge on any atom is -0.325 e. The van der Waals surface area contributed by atoms with Gasteiger partial charge in [-0.15, -0.1) is 0 Å². The van der Waals surface area contributed by atoms with Gasteiger partial charge < -0.3 is 5.32 Å². The minimum absolute atomic E-state index is 0.206. The number of imide groups is 1. The molecule has 1 aromatic rings. The maximum Gasteiger partial charge on any atom is 0.244 e. The SMILES string of the molecule is CCCCc1ccc(NC(=O)CN2C(=O)C3CC=CCC3C2=O)cc1. The molecule has 1 aromatic carbocycles. The highest BCUT2D eigenvalue weighted by Gasteiger charge is 2.47. The molecule has 2 unspecified atom stereocenters. The molecule has 0 bridgehead atoms. The van der Waals surface area contributed by atoms with Crippen LogP contribution in [-0.2, 0) is 20.8 Å². The lowest BCUT2D eigenvalue weighted by molar-refractivity contribution is -0.142. The number of benzene rings is 1. The fraction of sp³-hybridized carbons (Fsp3) is 0.450. The van der Waals surface area contributed by atoms with Crippen LogP contribution in [0, 0.1) is 11.8 Å². The Hall–Kier alpha value is -2.43. The first-order valence-corrected chi connectivity index (χ1v) is 8.99. The Bertz CT molecular complexity index is 667. The van der Waals surface area contributed by atoms with E-state index in [1.807, 2.05) is 36.4 Å². The highest BCUT2D eigenvalue weighted by molar-refractivity contribution is 6.08. The summed E-state index contributed by atoms with van der Waals surface area (Å²) in [5.74, 6) is -1.35. The van der Waals surface area contributed by atoms with E-state index in [2.05, 4.69) is 12.2 Å². The molecule has 1 fully saturated rings. The quantitative estimate of drug-likeness (QED) is 0.639. The topological polar surface area (TPSA) is 66.5 Å². The van der Waals surface area contributed by atoms with Crippen LogP contribution in [0.25, 0.3) is 0 Å². The highest BCUT2D eigenvalue weighted by atomic mass is 16.2. The molecule has 2 atom stereocenters. The molecule has 1 saturated heterocycles. The minimum atomic E-state index is -0.338. The number of allylic oxidation sites excluding steroid dienone is 2. The van der Waals surface area contributed by atoms with Crippen LogP contribution in [0.15, 0.2) is 36.4 Å². The van der Waals surface area contributed by atoms with Crippen molar-refractivity contribution in [2.45, 2.75) is 39.0 Å². The van der Waals surface area contributed by atoms with Crippen molar-refractivity contribution < 1.29 is 14.4 Å². The summed E-state index contributed by atoms with van der Waals surface area (Å²) in [6.45, 7) is 1.95. The van der Waals surface area contributed by atoms with E-state index in [4.69, 9.17) is 0 Å². The van der Waals surface area contributed by atoms with E-state index < -0.39 is 0 Å². The molecule has 1 N–H and O–H groups in total. The molecule has 1 aliphatic heterocycles. The van der Waals surface area contributed by atoms with Crippen LogP contribution in [0.3, 0.4) is 0 Å². The second-order valence-corrected chi connectivity index (χ2v) is 6.77. The lowest BCUT2D eigenvalue weighted by atomic mass is 9.85. The number of nitrogens with one attached hydrogen (secondary N) is 1. The third-order valence-corrected chi connectivity index (χ3v) is 4.96. The fourth-order valence-corrected chi connectivity index (χ4v) is 3.50. The maximum absolute atomic E-state index is 12.4. The molecule has 25 heavy (non-hydrogen) atoms. The van der Waals surface area contributed by atoms with Crippen LogP contribution in [0.5, 0.6) is 0 Å². The van der Waals surface area contributed by atoms with Crippen molar-refractivity contribution in [3.8, 4) is 0 Å². The summed E-state index contributed by atoms with van der Waals surface area (Å²) in [4.78, 5) is 38.1. The summed E-state index contributed by atoms with van der Waals surface area (Å²) >= 11 is 0. The van der Waals surface area contributed by atoms with Crippen molar-refractivity contribution in [2.75, 3.05) is 11.9 Å². The van der Waals surface area contributed by atoms with Crippen LogP contribution in [-0.4, -0.2) is 29.2 Å². The number of unbranched alkanes of at least 4 members (excludes halogenated alkanes) is 1. The number of anilines is 1. The lowest BCUT2D eigenvalue weighted by Crippen LogP contribution is -2.38. The van der Waals surface area contributed by atoms with Gasteiger partial charge in [0.15, 0.2) is 0 Å². The summed E-state index contributed by atoms with van der Waals surface area (Å²) in [5, 5.41) is 2.77. The molecule has 0 radical (unpaired) electrons. The van der Waals surface area contributed by atoms with Gasteiger partial charge in [-0.25, -0.2) is 0 Å². The van der Waals surface area contributed by atoms with Gasteiger partial charge in [-0.1, -0.05) is 37.6 Å². The van der Waals surface area contributed by atoms with Crippen LogP contribution in [0.4, 0.5) is 5.69 Å². The first-order valence-electron chi connectivity index (χ1n) is 8.99. The monoisotopic (exact) mass is 340 g/mol. The van der Waals surface area contributed by atoms with Gasteiger partial charge in [-0.3, -0.25) is 19.3 Å². The largest absolute Gasteiger partial charge is 0.325 e. The first kappa shape index (κ1) is 17.4. The summed E-state index contributed by atoms with van der Waals surface area (Å²) < 4.78 is 0. The fourth-order valence-electron chi connectivity index (χ4n) is 3.50. The molecule has 5 nitrogen and oxygen atoms in total. The number of nitrogens with zero attached hydrogens (tertiary/aromatic N) is 1. The number of carbonyl (C=O) groups is 3. The van der Waals surface area contributed by atoms with Crippen LogP contribution in [0.2, 0.25) is 0 Å². The van der Waals surface area contributed by atoms with Gasteiger partial charge in [0.2, 0.25) is 17.7 Å². The number of amides is 3. The van der Waals surface area contributed by atoms with Crippen molar-refractivity contribution in [3.05, 3.63) is 42.0 Å². The predicted octanol–water partition coefficient (Wildman–Crippen LogP) is 2.92. The van der Waals surface area contributed by atoms with Crippen molar-refractivity contribution >= 4 is 23.4 Å². The molecule has 132 valence electrons. The number of fused-ring (bicyclic) bond motifs is 1. The van der Waals surface area contributed by atoms with Crippen molar-refractivity contribution in [1.29, 1.82) is 0 Å². The molecule has 2 aliphatic rings. The normalized spacial score (nSPS) is 22.2. The molecule has 1 heterocycles. The second kappa shape index (κ2) is 7.64. The van der Waals surface area contributed by atoms with E-state index in [0.717, 1.165) is 24.2 Å². The van der Waals surface area contributed by atoms with E-state index in [1.165, 1.54) is 5.56 Å². The third kappa shape index (κ3) is 3.81. The average Bonchev–Trinajstić information content (AvgIpc) is 2.86. The summed E-state index contributed by atoms with van der Waals surface area (Å²) in [6, 6.07) is 7.72. The molecular formula is C20H24N2O3. The molecule has 1 aliphatic carbocycles. The summed E-state index contributed by atoms with van der Waals surface area (Å²) in [7, 11) is 0. The zero-order valence-corrected chi connectivity index (χ0v) is 14.5. The standard InChI is InChI=1S/C20H24N2O3/c1-2-3-6-14-9-11-15(12-10-14)21-18(23)13-22-19(24)16-7-4-5-8-17(16)20(22)25/h4-5,9-12,16-17H,2-3,6-8,13H2,1H3,(H,21,23). The second-order valence-electron chi connectivity index (χ2n) is 6.77. The summed E-state index contributed by atoms with van der Waals surface area (Å²) in [6.07, 6.45) is 8.37. The Kier molecular flexibility index (Phi) is 5.31. The van der Waals surface area contributed by atoms with Gasteiger partial charge >= 0.3 is 0 Å². The Balaban J connectivity index is 1.57. The van der Waals surface area contributed by atoms with Gasteiger partial charge in [-0.2, -0.15) is 0 Å². The number of aryl methyl sites for hydroxylation is 1. The highest BCUT2D eigenvalue weighted by Crippen LogP contribution is 2.34. The van der Waals surface area contributed by atoms with Crippen molar-refractivity contribution in [2.24, 2.45) is 11.8 Å². The van der Waals surface area contributed by atoms with Crippen molar-refractivity contribution in [1.82, 2.24) is 4.90 Å². The number of hydrogen-bond acceptors (Lipinski definition) is 3. The first-order chi connectivity index (χ1) is 12.1. The number of rotatable bonds is 6. The van der Waals surface area contributed by atoms with Gasteiger partial charge in [0.05, 0.1) is 11.8 Å². The Morgan fingerprint density at radius 1 is 1.08 bits per heavy atom. The third-order valence-electron chi connectivity index (χ3n) is 4.96. The van der Waals surface area contributed by atoms with Gasteiger partial charge in [0, 0.05) is 5.69 Å². The number of likely N-dealkylation sites (tertiary alicyclic amines) is 1. The molecule has 5 heteroatoms. The van der Waals surface area contributed by atoms with Crippen LogP contribution < -0.4 is 5.32 Å². The Morgan fingerprint density at radius 2 is 1.68 bits per heavy atom. The van der Waals surface area contributed by atoms with E-state index >= 15 is 0 Å². The summed E-state index contributed by atoms with van der Waals surface area (Å²) in [5.41, 5.74) is 1.92. The number of hydrogen-bond donors (Lipinski definition) is 1. The van der Waals surface area contributed by atoms with Gasteiger partial charge in [0.1, 0.15) is 6.54 Å².